The summed E-state index contributed by atoms with van der Waals surface area (Å²) < 4.78 is 7.60. The topological polar surface area (TPSA) is 17.4 Å². The molecule has 3 rings (SSSR count). The minimum atomic E-state index is 0.826. The summed E-state index contributed by atoms with van der Waals surface area (Å²) in [5.74, 6) is 0. The van der Waals surface area contributed by atoms with Gasteiger partial charge in [0.25, 0.3) is 0 Å². The average molecular weight is 286 g/mol. The summed E-state index contributed by atoms with van der Waals surface area (Å²) in [5.41, 5.74) is 4.30. The van der Waals surface area contributed by atoms with Crippen LogP contribution in [0.5, 0.6) is 0 Å². The maximum atomic E-state index is 5.19. The third-order valence-corrected chi connectivity index (χ3v) is 4.54. The van der Waals surface area contributed by atoms with Gasteiger partial charge in [0.05, 0.1) is 5.52 Å². The molecular weight excluding hydrogens is 260 g/mol. The molecular formula is C18H26N2O. The number of aryl methyl sites for hydroxylation is 2. The summed E-state index contributed by atoms with van der Waals surface area (Å²) in [6.07, 6.45) is 7.16. The van der Waals surface area contributed by atoms with Crippen LogP contribution in [-0.4, -0.2) is 31.4 Å². The second kappa shape index (κ2) is 6.52. The molecule has 1 fully saturated rings. The van der Waals surface area contributed by atoms with E-state index >= 15 is 0 Å². The quantitative estimate of drug-likeness (QED) is 0.751. The molecule has 3 nitrogen and oxygen atoms in total. The Morgan fingerprint density at radius 1 is 1.19 bits per heavy atom. The molecule has 2 aromatic rings. The van der Waals surface area contributed by atoms with Crippen molar-refractivity contribution in [1.29, 1.82) is 0 Å². The molecule has 0 unspecified atom stereocenters. The van der Waals surface area contributed by atoms with Crippen LogP contribution in [-0.2, 0) is 17.7 Å². The van der Waals surface area contributed by atoms with Crippen LogP contribution in [0, 0.1) is 0 Å². The number of fused-ring (bicyclic) bond motifs is 1. The Labute approximate surface area is 127 Å². The second-order valence-electron chi connectivity index (χ2n) is 5.91. The van der Waals surface area contributed by atoms with E-state index in [0.717, 1.165) is 26.0 Å². The number of hydrogen-bond acceptors (Lipinski definition) is 2. The van der Waals surface area contributed by atoms with Crippen molar-refractivity contribution in [2.75, 3.05) is 31.7 Å². The summed E-state index contributed by atoms with van der Waals surface area (Å²) in [4.78, 5) is 2.56. The summed E-state index contributed by atoms with van der Waals surface area (Å²) >= 11 is 0. The van der Waals surface area contributed by atoms with Gasteiger partial charge in [-0.3, -0.25) is 0 Å². The zero-order valence-corrected chi connectivity index (χ0v) is 13.3. The molecule has 3 heteroatoms. The first kappa shape index (κ1) is 14.5. The lowest BCUT2D eigenvalue weighted by Crippen LogP contribution is -2.17. The summed E-state index contributed by atoms with van der Waals surface area (Å²) in [7, 11) is 1.77. The fraction of sp³-hybridized carbons (Fsp3) is 0.556. The first-order chi connectivity index (χ1) is 10.3. The van der Waals surface area contributed by atoms with Gasteiger partial charge in [0, 0.05) is 50.6 Å². The van der Waals surface area contributed by atoms with E-state index in [2.05, 4.69) is 40.8 Å². The van der Waals surface area contributed by atoms with Crippen LogP contribution >= 0.6 is 0 Å². The zero-order valence-electron chi connectivity index (χ0n) is 13.3. The van der Waals surface area contributed by atoms with Crippen molar-refractivity contribution in [3.8, 4) is 0 Å². The van der Waals surface area contributed by atoms with E-state index in [1.165, 1.54) is 48.1 Å². The molecule has 0 atom stereocenters. The Morgan fingerprint density at radius 2 is 2.00 bits per heavy atom. The maximum absolute atomic E-state index is 5.19. The van der Waals surface area contributed by atoms with Gasteiger partial charge < -0.3 is 14.2 Å². The van der Waals surface area contributed by atoms with Crippen LogP contribution in [0.15, 0.2) is 24.4 Å². The maximum Gasteiger partial charge on any atom is 0.0504 e. The van der Waals surface area contributed by atoms with E-state index in [0.29, 0.717) is 0 Å². The van der Waals surface area contributed by atoms with Gasteiger partial charge in [-0.2, -0.15) is 0 Å². The molecule has 0 amide bonds. The Hall–Kier alpha value is -1.48. The summed E-state index contributed by atoms with van der Waals surface area (Å²) in [6, 6.07) is 6.77. The van der Waals surface area contributed by atoms with Gasteiger partial charge in [-0.05, 0) is 43.4 Å². The standard InChI is InChI=1S/C18H26N2O/c1-3-15-14-20(12-7-13-21-2)17-9-6-8-16(18(15)17)19-10-4-5-11-19/h6,8-9,14H,3-5,7,10-13H2,1-2H3. The summed E-state index contributed by atoms with van der Waals surface area (Å²) in [6.45, 7) is 6.53. The molecule has 1 aliphatic heterocycles. The highest BCUT2D eigenvalue weighted by Gasteiger charge is 2.18. The molecule has 0 bridgehead atoms. The van der Waals surface area contributed by atoms with Crippen LogP contribution in [0.1, 0.15) is 31.7 Å². The average Bonchev–Trinajstić information content (AvgIpc) is 3.15. The highest BCUT2D eigenvalue weighted by molar-refractivity contribution is 5.96. The number of hydrogen-bond donors (Lipinski definition) is 0. The number of nitrogens with zero attached hydrogens (tertiary/aromatic N) is 2. The van der Waals surface area contributed by atoms with Gasteiger partial charge in [0.1, 0.15) is 0 Å². The van der Waals surface area contributed by atoms with Crippen molar-refractivity contribution < 1.29 is 4.74 Å². The fourth-order valence-corrected chi connectivity index (χ4v) is 3.47. The van der Waals surface area contributed by atoms with Crippen molar-refractivity contribution in [2.24, 2.45) is 0 Å². The molecule has 2 heterocycles. The summed E-state index contributed by atoms with van der Waals surface area (Å²) in [5, 5.41) is 1.47. The third-order valence-electron chi connectivity index (χ3n) is 4.54. The van der Waals surface area contributed by atoms with Gasteiger partial charge in [-0.25, -0.2) is 0 Å². The first-order valence-electron chi connectivity index (χ1n) is 8.19. The van der Waals surface area contributed by atoms with Crippen molar-refractivity contribution in [2.45, 2.75) is 39.2 Å². The van der Waals surface area contributed by atoms with Gasteiger partial charge in [0.2, 0.25) is 0 Å². The van der Waals surface area contributed by atoms with Crippen LogP contribution < -0.4 is 4.90 Å². The number of aromatic nitrogens is 1. The number of benzene rings is 1. The van der Waals surface area contributed by atoms with Crippen molar-refractivity contribution in [3.63, 3.8) is 0 Å². The molecule has 0 aliphatic carbocycles. The lowest BCUT2D eigenvalue weighted by molar-refractivity contribution is 0.190. The number of rotatable bonds is 6. The predicted octanol–water partition coefficient (Wildman–Crippen LogP) is 3.84. The molecule has 21 heavy (non-hydrogen) atoms. The Bertz CT molecular complexity index is 597. The van der Waals surface area contributed by atoms with E-state index < -0.39 is 0 Å². The molecule has 114 valence electrons. The third kappa shape index (κ3) is 2.80. The predicted molar refractivity (Wildman–Crippen MR) is 89.3 cm³/mol. The van der Waals surface area contributed by atoms with Gasteiger partial charge in [0.15, 0.2) is 0 Å². The zero-order chi connectivity index (χ0) is 14.7. The molecule has 1 aromatic carbocycles. The largest absolute Gasteiger partial charge is 0.385 e. The van der Waals surface area contributed by atoms with E-state index in [1.54, 1.807) is 7.11 Å². The van der Waals surface area contributed by atoms with Crippen LogP contribution in [0.3, 0.4) is 0 Å². The first-order valence-corrected chi connectivity index (χ1v) is 8.19. The Balaban J connectivity index is 2.01. The monoisotopic (exact) mass is 286 g/mol. The minimum absolute atomic E-state index is 0.826. The smallest absolute Gasteiger partial charge is 0.0504 e. The minimum Gasteiger partial charge on any atom is -0.385 e. The molecule has 1 aliphatic rings. The van der Waals surface area contributed by atoms with Crippen molar-refractivity contribution >= 4 is 16.6 Å². The highest BCUT2D eigenvalue weighted by Crippen LogP contribution is 2.33. The number of ether oxygens (including phenoxy) is 1. The van der Waals surface area contributed by atoms with E-state index in [1.807, 2.05) is 0 Å². The van der Waals surface area contributed by atoms with E-state index in [-0.39, 0.29) is 0 Å². The Kier molecular flexibility index (Phi) is 4.49. The van der Waals surface area contributed by atoms with Gasteiger partial charge >= 0.3 is 0 Å². The lowest BCUT2D eigenvalue weighted by Gasteiger charge is -2.19. The van der Waals surface area contributed by atoms with E-state index in [4.69, 9.17) is 4.74 Å². The molecule has 0 N–H and O–H groups in total. The Morgan fingerprint density at radius 3 is 2.71 bits per heavy atom. The molecule has 1 saturated heterocycles. The van der Waals surface area contributed by atoms with Crippen molar-refractivity contribution in [3.05, 3.63) is 30.0 Å². The normalized spacial score (nSPS) is 15.2. The van der Waals surface area contributed by atoms with Crippen molar-refractivity contribution in [1.82, 2.24) is 4.57 Å². The molecule has 0 radical (unpaired) electrons. The molecule has 1 aromatic heterocycles. The molecule has 0 spiro atoms. The van der Waals surface area contributed by atoms with E-state index in [9.17, 15) is 0 Å². The fourth-order valence-electron chi connectivity index (χ4n) is 3.47. The number of methoxy groups -OCH3 is 1. The second-order valence-corrected chi connectivity index (χ2v) is 5.91. The van der Waals surface area contributed by atoms with Gasteiger partial charge in [-0.15, -0.1) is 0 Å². The SMILES string of the molecule is CCc1cn(CCCOC)c2cccc(N3CCCC3)c12. The lowest BCUT2D eigenvalue weighted by atomic mass is 10.1. The van der Waals surface area contributed by atoms with Crippen LogP contribution in [0.25, 0.3) is 10.9 Å². The van der Waals surface area contributed by atoms with Gasteiger partial charge in [-0.1, -0.05) is 13.0 Å². The highest BCUT2D eigenvalue weighted by atomic mass is 16.5. The molecule has 0 saturated carbocycles. The van der Waals surface area contributed by atoms with Crippen LogP contribution in [0.4, 0.5) is 5.69 Å². The van der Waals surface area contributed by atoms with Crippen LogP contribution in [0.2, 0.25) is 0 Å². The number of anilines is 1.